The van der Waals surface area contributed by atoms with E-state index in [0.29, 0.717) is 5.57 Å². The third-order valence-corrected chi connectivity index (χ3v) is 5.07. The predicted molar refractivity (Wildman–Crippen MR) is 71.0 cm³/mol. The summed E-state index contributed by atoms with van der Waals surface area (Å²) >= 11 is 0.0554. The minimum atomic E-state index is -1.29. The number of benzene rings is 1. The van der Waals surface area contributed by atoms with Crippen molar-refractivity contribution in [2.45, 2.75) is 6.92 Å². The molecule has 1 aliphatic heterocycles. The summed E-state index contributed by atoms with van der Waals surface area (Å²) in [6, 6.07) is 9.92. The second-order valence-corrected chi connectivity index (χ2v) is 6.24. The van der Waals surface area contributed by atoms with Gasteiger partial charge in [-0.05, 0) is 0 Å². The first kappa shape index (κ1) is 13.8. The van der Waals surface area contributed by atoms with E-state index in [1.54, 1.807) is 6.92 Å². The van der Waals surface area contributed by atoms with Crippen molar-refractivity contribution >= 4 is 31.4 Å². The minimum absolute atomic E-state index is 0.0554. The molecule has 1 aliphatic rings. The summed E-state index contributed by atoms with van der Waals surface area (Å²) in [6.07, 6.45) is 0. The number of ether oxygens (including phenoxy) is 2. The van der Waals surface area contributed by atoms with Gasteiger partial charge in [0, 0.05) is 0 Å². The average Bonchev–Trinajstić information content (AvgIpc) is 2.74. The van der Waals surface area contributed by atoms with E-state index in [9.17, 15) is 9.59 Å². The van der Waals surface area contributed by atoms with Gasteiger partial charge in [0.15, 0.2) is 0 Å². The normalized spacial score (nSPS) is 24.3. The van der Waals surface area contributed by atoms with Crippen molar-refractivity contribution in [3.8, 4) is 0 Å². The number of hydrogen-bond donors (Lipinski definition) is 0. The van der Waals surface area contributed by atoms with Crippen molar-refractivity contribution in [1.29, 1.82) is 0 Å². The van der Waals surface area contributed by atoms with Gasteiger partial charge in [0.25, 0.3) is 0 Å². The summed E-state index contributed by atoms with van der Waals surface area (Å²) in [5, 5.41) is 0. The van der Waals surface area contributed by atoms with E-state index in [2.05, 4.69) is 0 Å². The molecule has 1 fully saturated rings. The molecule has 0 N–H and O–H groups in total. The van der Waals surface area contributed by atoms with Crippen LogP contribution in [-0.4, -0.2) is 40.6 Å². The van der Waals surface area contributed by atoms with Crippen molar-refractivity contribution in [2.75, 3.05) is 13.7 Å². The number of cyclic esters (lactones) is 1. The van der Waals surface area contributed by atoms with Gasteiger partial charge in [0.2, 0.25) is 0 Å². The summed E-state index contributed by atoms with van der Waals surface area (Å²) < 4.78 is 10.9. The number of carbonyl (C=O) groups excluding carboxylic acids is 2. The Morgan fingerprint density at radius 2 is 2.11 bits per heavy atom. The van der Waals surface area contributed by atoms with E-state index in [4.69, 9.17) is 9.47 Å². The van der Waals surface area contributed by atoms with E-state index in [1.807, 2.05) is 35.3 Å². The Kier molecular flexibility index (Phi) is 4.07. The molecule has 0 radical (unpaired) electrons. The van der Waals surface area contributed by atoms with Gasteiger partial charge in [-0.25, -0.2) is 0 Å². The Bertz CT molecular complexity index is 524. The fourth-order valence-corrected chi connectivity index (χ4v) is 3.65. The van der Waals surface area contributed by atoms with Gasteiger partial charge in [0.05, 0.1) is 0 Å². The van der Waals surface area contributed by atoms with Crippen molar-refractivity contribution in [3.63, 3.8) is 0 Å². The van der Waals surface area contributed by atoms with Crippen LogP contribution in [0.5, 0.6) is 0 Å². The summed E-state index contributed by atoms with van der Waals surface area (Å²) in [5.41, 5.74) is -0.598. The zero-order valence-corrected chi connectivity index (χ0v) is 12.4. The molecule has 0 aliphatic carbocycles. The summed E-state index contributed by atoms with van der Waals surface area (Å²) in [5.74, 6) is -1.10. The van der Waals surface area contributed by atoms with Crippen molar-refractivity contribution < 1.29 is 19.1 Å². The molecule has 0 aromatic heterocycles. The Labute approximate surface area is 117 Å². The van der Waals surface area contributed by atoms with Gasteiger partial charge in [-0.2, -0.15) is 0 Å². The van der Waals surface area contributed by atoms with Crippen molar-refractivity contribution in [2.24, 2.45) is 5.41 Å². The average molecular weight is 325 g/mol. The van der Waals surface area contributed by atoms with E-state index in [0.717, 1.165) is 0 Å². The number of hydrogen-bond acceptors (Lipinski definition) is 4. The van der Waals surface area contributed by atoms with Crippen LogP contribution in [0.15, 0.2) is 40.9 Å². The van der Waals surface area contributed by atoms with Crippen molar-refractivity contribution in [3.05, 3.63) is 40.9 Å². The van der Waals surface area contributed by atoms with Crippen LogP contribution in [0.4, 0.5) is 0 Å². The molecule has 1 aromatic carbocycles. The van der Waals surface area contributed by atoms with E-state index < -0.39 is 17.4 Å². The monoisotopic (exact) mass is 326 g/mol. The van der Waals surface area contributed by atoms with E-state index in [1.165, 1.54) is 11.6 Å². The molecule has 19 heavy (non-hydrogen) atoms. The number of carbonyl (C=O) groups is 2. The maximum atomic E-state index is 11.8. The molecule has 0 bridgehead atoms. The third-order valence-electron chi connectivity index (χ3n) is 3.08. The molecule has 1 heterocycles. The van der Waals surface area contributed by atoms with Gasteiger partial charge < -0.3 is 0 Å². The molecule has 0 amide bonds. The molecule has 2 rings (SSSR count). The molecule has 1 aromatic rings. The Balaban J connectivity index is 2.23. The molecule has 0 saturated carbocycles. The van der Waals surface area contributed by atoms with Gasteiger partial charge in [-0.1, -0.05) is 0 Å². The van der Waals surface area contributed by atoms with Crippen LogP contribution in [0.1, 0.15) is 6.92 Å². The van der Waals surface area contributed by atoms with Gasteiger partial charge in [-0.3, -0.25) is 0 Å². The fourth-order valence-electron chi connectivity index (χ4n) is 1.77. The van der Waals surface area contributed by atoms with Gasteiger partial charge >= 0.3 is 117 Å². The Hall–Kier alpha value is -1.58. The van der Waals surface area contributed by atoms with Crippen LogP contribution >= 0.6 is 0 Å². The summed E-state index contributed by atoms with van der Waals surface area (Å²) in [6.45, 7) is 1.72. The van der Waals surface area contributed by atoms with Gasteiger partial charge in [-0.15, -0.1) is 0 Å². The van der Waals surface area contributed by atoms with Gasteiger partial charge in [0.1, 0.15) is 0 Å². The molecular weight excluding hydrogens is 311 g/mol. The Morgan fingerprint density at radius 3 is 2.74 bits per heavy atom. The molecular formula is C14H14O4Se. The topological polar surface area (TPSA) is 52.6 Å². The second-order valence-electron chi connectivity index (χ2n) is 4.27. The fraction of sp³-hybridized carbons (Fsp3) is 0.286. The van der Waals surface area contributed by atoms with Crippen LogP contribution < -0.4 is 4.46 Å². The van der Waals surface area contributed by atoms with Crippen molar-refractivity contribution in [1.82, 2.24) is 0 Å². The molecule has 5 heteroatoms. The first-order valence-electron chi connectivity index (χ1n) is 5.76. The Morgan fingerprint density at radius 1 is 1.42 bits per heavy atom. The first-order chi connectivity index (χ1) is 9.09. The van der Waals surface area contributed by atoms with Crippen LogP contribution in [0, 0.1) is 5.41 Å². The second kappa shape index (κ2) is 5.59. The summed E-state index contributed by atoms with van der Waals surface area (Å²) in [4.78, 5) is 25.5. The molecule has 100 valence electrons. The van der Waals surface area contributed by atoms with Crippen LogP contribution in [-0.2, 0) is 19.1 Å². The van der Waals surface area contributed by atoms with E-state index >= 15 is 0 Å². The summed E-state index contributed by atoms with van der Waals surface area (Å²) in [7, 11) is 1.28. The maximum absolute atomic E-state index is 11.8. The molecule has 4 nitrogen and oxygen atoms in total. The first-order valence-corrected chi connectivity index (χ1v) is 7.60. The standard InChI is InChI=1S/C14H14O4Se/c1-14(12(15)17-2)10(8-18-13(14)16)9-19-11-6-4-3-5-7-11/h3-7,9H,8H2,1-2H3/b10-9-. The predicted octanol–water partition coefficient (Wildman–Crippen LogP) is 0.636. The molecule has 1 atom stereocenters. The van der Waals surface area contributed by atoms with E-state index in [-0.39, 0.29) is 21.6 Å². The zero-order chi connectivity index (χ0) is 13.9. The quantitative estimate of drug-likeness (QED) is 0.465. The molecule has 1 saturated heterocycles. The van der Waals surface area contributed by atoms with Crippen LogP contribution in [0.25, 0.3) is 0 Å². The third kappa shape index (κ3) is 2.57. The number of methoxy groups -OCH3 is 1. The zero-order valence-electron chi connectivity index (χ0n) is 10.7. The molecule has 1 unspecified atom stereocenters. The SMILES string of the molecule is COC(=O)C1(C)C(=O)OC/C1=C/[Se]c1ccccc1. The number of rotatable bonds is 3. The van der Waals surface area contributed by atoms with Crippen LogP contribution in [0.2, 0.25) is 0 Å². The molecule has 0 spiro atoms. The number of esters is 2. The van der Waals surface area contributed by atoms with Crippen LogP contribution in [0.3, 0.4) is 0 Å².